The van der Waals surface area contributed by atoms with Gasteiger partial charge in [-0.2, -0.15) is 0 Å². The van der Waals surface area contributed by atoms with Crippen LogP contribution < -0.4 is 5.32 Å². The van der Waals surface area contributed by atoms with E-state index >= 15 is 0 Å². The van der Waals surface area contributed by atoms with Crippen molar-refractivity contribution in [3.8, 4) is 0 Å². The largest absolute Gasteiger partial charge is 0.300 e. The van der Waals surface area contributed by atoms with Crippen molar-refractivity contribution in [2.45, 2.75) is 16.5 Å². The van der Waals surface area contributed by atoms with Crippen LogP contribution in [-0.2, 0) is 26.8 Å². The van der Waals surface area contributed by atoms with Crippen LogP contribution in [-0.4, -0.2) is 24.5 Å². The van der Waals surface area contributed by atoms with Gasteiger partial charge >= 0.3 is 0 Å². The fourth-order valence-electron chi connectivity index (χ4n) is 3.05. The Labute approximate surface area is 182 Å². The zero-order chi connectivity index (χ0) is 21.1. The number of hydrogen-bond acceptors (Lipinski definition) is 6. The fraction of sp³-hybridized carbons (Fsp3) is 0.0952. The molecular formula is C21H16ClN3O3S2. The minimum absolute atomic E-state index is 0.137. The number of rotatable bonds is 6. The topological polar surface area (TPSA) is 89.0 Å². The Bertz CT molecular complexity index is 1330. The molecule has 1 N–H and O–H groups in total. The Morgan fingerprint density at radius 2 is 1.63 bits per heavy atom. The van der Waals surface area contributed by atoms with E-state index in [0.717, 1.165) is 27.7 Å². The highest BCUT2D eigenvalue weighted by Gasteiger charge is 2.23. The molecule has 0 saturated carbocycles. The minimum atomic E-state index is -3.73. The van der Waals surface area contributed by atoms with Crippen LogP contribution in [0.25, 0.3) is 10.8 Å². The second kappa shape index (κ2) is 8.51. The van der Waals surface area contributed by atoms with Gasteiger partial charge in [-0.25, -0.2) is 8.42 Å². The molecular weight excluding hydrogens is 442 g/mol. The van der Waals surface area contributed by atoms with E-state index in [2.05, 4.69) is 15.5 Å². The van der Waals surface area contributed by atoms with Gasteiger partial charge in [-0.3, -0.25) is 4.79 Å². The van der Waals surface area contributed by atoms with Gasteiger partial charge in [0.05, 0.1) is 12.2 Å². The zero-order valence-electron chi connectivity index (χ0n) is 15.6. The van der Waals surface area contributed by atoms with E-state index in [-0.39, 0.29) is 27.6 Å². The van der Waals surface area contributed by atoms with E-state index in [1.54, 1.807) is 24.3 Å². The van der Waals surface area contributed by atoms with E-state index in [4.69, 9.17) is 11.6 Å². The Kier molecular flexibility index (Phi) is 5.80. The summed E-state index contributed by atoms with van der Waals surface area (Å²) in [4.78, 5) is 12.5. The molecule has 0 bridgehead atoms. The van der Waals surface area contributed by atoms with Crippen molar-refractivity contribution in [1.82, 2.24) is 10.2 Å². The van der Waals surface area contributed by atoms with Crippen LogP contribution in [0.3, 0.4) is 0 Å². The van der Waals surface area contributed by atoms with Gasteiger partial charge in [-0.05, 0) is 28.0 Å². The van der Waals surface area contributed by atoms with Crippen molar-refractivity contribution in [2.75, 3.05) is 5.32 Å². The van der Waals surface area contributed by atoms with Crippen LogP contribution >= 0.6 is 22.9 Å². The molecule has 0 aliphatic rings. The highest BCUT2D eigenvalue weighted by molar-refractivity contribution is 7.92. The van der Waals surface area contributed by atoms with Crippen molar-refractivity contribution < 1.29 is 13.2 Å². The first kappa shape index (κ1) is 20.5. The molecule has 0 fully saturated rings. The molecule has 4 aromatic rings. The first-order valence-corrected chi connectivity index (χ1v) is 11.8. The maximum atomic E-state index is 12.6. The van der Waals surface area contributed by atoms with E-state index in [1.807, 2.05) is 42.5 Å². The maximum absolute atomic E-state index is 12.6. The molecule has 152 valence electrons. The molecule has 0 atom stereocenters. The quantitative estimate of drug-likeness (QED) is 0.430. The van der Waals surface area contributed by atoms with Gasteiger partial charge in [0.25, 0.3) is 0 Å². The van der Waals surface area contributed by atoms with Crippen LogP contribution in [0.1, 0.15) is 11.1 Å². The molecule has 9 heteroatoms. The monoisotopic (exact) mass is 457 g/mol. The molecule has 0 saturated heterocycles. The summed E-state index contributed by atoms with van der Waals surface area (Å²) < 4.78 is 25.1. The molecule has 0 aliphatic heterocycles. The number of carbonyl (C=O) groups excluding carboxylic acids is 1. The predicted molar refractivity (Wildman–Crippen MR) is 119 cm³/mol. The number of nitrogens with one attached hydrogen (secondary N) is 1. The second-order valence-electron chi connectivity index (χ2n) is 6.59. The normalized spacial score (nSPS) is 11.5. The Morgan fingerprint density at radius 1 is 0.933 bits per heavy atom. The number of sulfone groups is 1. The van der Waals surface area contributed by atoms with Gasteiger partial charge in [0.2, 0.25) is 25.2 Å². The van der Waals surface area contributed by atoms with Gasteiger partial charge in [0.1, 0.15) is 0 Å². The molecule has 0 aliphatic carbocycles. The number of anilines is 1. The van der Waals surface area contributed by atoms with Gasteiger partial charge in [0.15, 0.2) is 0 Å². The Hall–Kier alpha value is -2.81. The molecule has 1 aromatic heterocycles. The summed E-state index contributed by atoms with van der Waals surface area (Å²) in [5.74, 6) is -0.580. The number of benzene rings is 3. The van der Waals surface area contributed by atoms with E-state index in [9.17, 15) is 13.2 Å². The molecule has 6 nitrogen and oxygen atoms in total. The average molecular weight is 458 g/mol. The summed E-state index contributed by atoms with van der Waals surface area (Å²) in [6.45, 7) is 0. The third-order valence-corrected chi connectivity index (χ3v) is 7.77. The lowest BCUT2D eigenvalue weighted by Crippen LogP contribution is -2.14. The summed E-state index contributed by atoms with van der Waals surface area (Å²) >= 11 is 6.88. The summed E-state index contributed by atoms with van der Waals surface area (Å²) in [5.41, 5.74) is 1.36. The van der Waals surface area contributed by atoms with Crippen LogP contribution in [0.2, 0.25) is 5.02 Å². The molecule has 4 rings (SSSR count). The minimum Gasteiger partial charge on any atom is -0.300 e. The van der Waals surface area contributed by atoms with Gasteiger partial charge in [0, 0.05) is 5.02 Å². The van der Waals surface area contributed by atoms with E-state index in [0.29, 0.717) is 10.6 Å². The smallest absolute Gasteiger partial charge is 0.234 e. The first-order valence-electron chi connectivity index (χ1n) is 8.98. The number of hydrogen-bond donors (Lipinski definition) is 1. The number of fused-ring (bicyclic) bond motifs is 1. The van der Waals surface area contributed by atoms with E-state index < -0.39 is 9.84 Å². The fourth-order valence-corrected chi connectivity index (χ4v) is 5.70. The summed E-state index contributed by atoms with van der Waals surface area (Å²) in [6, 6.07) is 20.3. The van der Waals surface area contributed by atoms with Crippen molar-refractivity contribution in [1.29, 1.82) is 0 Å². The standard InChI is InChI=1S/C21H16ClN3O3S2/c22-18-11-4-2-7-16(18)13-30(27,28)21-25-24-20(29-21)23-19(26)12-15-9-5-8-14-6-1-3-10-17(14)15/h1-11H,12-13H2,(H,23,24,26). The molecule has 1 heterocycles. The van der Waals surface area contributed by atoms with Crippen molar-refractivity contribution in [3.63, 3.8) is 0 Å². The Morgan fingerprint density at radius 3 is 2.47 bits per heavy atom. The average Bonchev–Trinajstić information content (AvgIpc) is 3.19. The number of halogens is 1. The van der Waals surface area contributed by atoms with Crippen LogP contribution in [0.4, 0.5) is 5.13 Å². The molecule has 30 heavy (non-hydrogen) atoms. The van der Waals surface area contributed by atoms with Crippen LogP contribution in [0.15, 0.2) is 71.1 Å². The number of amides is 1. The highest BCUT2D eigenvalue weighted by Crippen LogP contribution is 2.26. The van der Waals surface area contributed by atoms with Crippen LogP contribution in [0.5, 0.6) is 0 Å². The molecule has 0 spiro atoms. The lowest BCUT2D eigenvalue weighted by atomic mass is 10.0. The number of nitrogens with zero attached hydrogens (tertiary/aromatic N) is 2. The lowest BCUT2D eigenvalue weighted by Gasteiger charge is -2.06. The van der Waals surface area contributed by atoms with Gasteiger partial charge < -0.3 is 5.32 Å². The summed E-state index contributed by atoms with van der Waals surface area (Å²) in [7, 11) is -3.73. The van der Waals surface area contributed by atoms with Crippen molar-refractivity contribution >= 4 is 54.6 Å². The summed E-state index contributed by atoms with van der Waals surface area (Å²) in [6.07, 6.45) is 0.142. The predicted octanol–water partition coefficient (Wildman–Crippen LogP) is 4.50. The molecule has 0 unspecified atom stereocenters. The van der Waals surface area contributed by atoms with Crippen LogP contribution in [0, 0.1) is 0 Å². The third-order valence-electron chi connectivity index (χ3n) is 4.45. The molecule has 0 radical (unpaired) electrons. The van der Waals surface area contributed by atoms with Gasteiger partial charge in [-0.1, -0.05) is 83.6 Å². The Balaban J connectivity index is 1.47. The maximum Gasteiger partial charge on any atom is 0.234 e. The molecule has 3 aromatic carbocycles. The first-order chi connectivity index (χ1) is 14.4. The zero-order valence-corrected chi connectivity index (χ0v) is 18.0. The SMILES string of the molecule is O=C(Cc1cccc2ccccc12)Nc1nnc(S(=O)(=O)Cc2ccccc2Cl)s1. The third kappa shape index (κ3) is 4.51. The summed E-state index contributed by atoms with van der Waals surface area (Å²) in [5, 5.41) is 12.7. The number of carbonyl (C=O) groups is 1. The second-order valence-corrected chi connectivity index (χ2v) is 10.1. The molecule has 1 amide bonds. The highest BCUT2D eigenvalue weighted by atomic mass is 35.5. The van der Waals surface area contributed by atoms with Crippen molar-refractivity contribution in [3.05, 3.63) is 82.9 Å². The van der Waals surface area contributed by atoms with Crippen molar-refractivity contribution in [2.24, 2.45) is 0 Å². The number of aromatic nitrogens is 2. The van der Waals surface area contributed by atoms with Gasteiger partial charge in [-0.15, -0.1) is 10.2 Å². The van der Waals surface area contributed by atoms with E-state index in [1.165, 1.54) is 0 Å². The lowest BCUT2D eigenvalue weighted by molar-refractivity contribution is -0.115.